The number of phenols is 1. The topological polar surface area (TPSA) is 136 Å². The van der Waals surface area contributed by atoms with Crippen molar-refractivity contribution < 1.29 is 23.4 Å². The van der Waals surface area contributed by atoms with Crippen LogP contribution >= 0.6 is 0 Å². The Morgan fingerprint density at radius 3 is 2.71 bits per heavy atom. The predicted molar refractivity (Wildman–Crippen MR) is 70.1 cm³/mol. The fraction of sp³-hybridized carbons (Fsp3) is 0.182. The smallest absolute Gasteiger partial charge is 0.339 e. The molecule has 2 aromatic rings. The summed E-state index contributed by atoms with van der Waals surface area (Å²) in [5, 5.41) is 24.5. The Balaban J connectivity index is 2.35. The predicted octanol–water partition coefficient (Wildman–Crippen LogP) is 0.0292. The van der Waals surface area contributed by atoms with E-state index in [1.54, 1.807) is 0 Å². The van der Waals surface area contributed by atoms with Crippen LogP contribution in [0.25, 0.3) is 0 Å². The van der Waals surface area contributed by atoms with E-state index in [2.05, 4.69) is 15.2 Å². The average molecular weight is 312 g/mol. The number of H-pyrrole nitrogens is 1. The summed E-state index contributed by atoms with van der Waals surface area (Å²) in [6, 6.07) is 3.07. The number of carboxylic acid groups (broad SMARTS) is 1. The fourth-order valence-electron chi connectivity index (χ4n) is 1.63. The monoisotopic (exact) mass is 312 g/mol. The highest BCUT2D eigenvalue weighted by Gasteiger charge is 2.24. The van der Waals surface area contributed by atoms with Gasteiger partial charge in [-0.05, 0) is 18.2 Å². The summed E-state index contributed by atoms with van der Waals surface area (Å²) in [5.41, 5.74) is -0.482. The van der Waals surface area contributed by atoms with E-state index < -0.39 is 27.3 Å². The molecule has 0 radical (unpaired) electrons. The van der Waals surface area contributed by atoms with Gasteiger partial charge in [-0.1, -0.05) is 0 Å². The Morgan fingerprint density at radius 1 is 1.43 bits per heavy atom. The first-order chi connectivity index (χ1) is 9.82. The van der Waals surface area contributed by atoms with E-state index in [0.717, 1.165) is 22.5 Å². The van der Waals surface area contributed by atoms with Crippen LogP contribution in [0.3, 0.4) is 0 Å². The number of carbonyl (C=O) groups is 1. The third-order valence-corrected chi connectivity index (χ3v) is 4.54. The molecule has 0 atom stereocenters. The minimum atomic E-state index is -3.92. The fourth-order valence-corrected chi connectivity index (χ4v) is 2.79. The maximum Gasteiger partial charge on any atom is 0.339 e. The zero-order chi connectivity index (χ0) is 15.6. The van der Waals surface area contributed by atoms with Crippen LogP contribution in [0.5, 0.6) is 5.75 Å². The third-order valence-electron chi connectivity index (χ3n) is 2.74. The molecule has 1 aromatic heterocycles. The molecule has 9 nitrogen and oxygen atoms in total. The van der Waals surface area contributed by atoms with Crippen LogP contribution in [0.15, 0.2) is 29.4 Å². The van der Waals surface area contributed by atoms with E-state index in [0.29, 0.717) is 5.82 Å². The lowest BCUT2D eigenvalue weighted by atomic mass is 10.2. The Bertz CT molecular complexity index is 757. The second-order valence-electron chi connectivity index (χ2n) is 4.18. The summed E-state index contributed by atoms with van der Waals surface area (Å²) in [6.45, 7) is -0.0500. The molecule has 0 fully saturated rings. The van der Waals surface area contributed by atoms with Gasteiger partial charge in [0, 0.05) is 7.05 Å². The SMILES string of the molecule is CN(Cc1ncn[nH]1)S(=O)(=O)c1ccc(O)c(C(=O)O)c1. The van der Waals surface area contributed by atoms with Gasteiger partial charge in [0.15, 0.2) is 0 Å². The van der Waals surface area contributed by atoms with E-state index in [-0.39, 0.29) is 11.4 Å². The highest BCUT2D eigenvalue weighted by molar-refractivity contribution is 7.89. The van der Waals surface area contributed by atoms with Crippen molar-refractivity contribution in [2.45, 2.75) is 11.4 Å². The molecule has 0 aliphatic carbocycles. The number of hydrogen-bond donors (Lipinski definition) is 3. The van der Waals surface area contributed by atoms with E-state index >= 15 is 0 Å². The molecule has 3 N–H and O–H groups in total. The molecule has 21 heavy (non-hydrogen) atoms. The van der Waals surface area contributed by atoms with E-state index in [1.165, 1.54) is 13.4 Å². The molecule has 10 heteroatoms. The molecule has 1 aromatic carbocycles. The summed E-state index contributed by atoms with van der Waals surface area (Å²) < 4.78 is 25.7. The number of aromatic nitrogens is 3. The van der Waals surface area contributed by atoms with Gasteiger partial charge in [-0.2, -0.15) is 9.40 Å². The number of hydrogen-bond acceptors (Lipinski definition) is 6. The first kappa shape index (κ1) is 14.9. The molecule has 1 heterocycles. The molecule has 2 rings (SSSR count). The van der Waals surface area contributed by atoms with Crippen molar-refractivity contribution in [3.63, 3.8) is 0 Å². The number of aromatic amines is 1. The maximum atomic E-state index is 12.3. The lowest BCUT2D eigenvalue weighted by molar-refractivity contribution is 0.0693. The van der Waals surface area contributed by atoms with Crippen molar-refractivity contribution in [1.29, 1.82) is 0 Å². The standard InChI is InChI=1S/C11H12N4O5S/c1-15(5-10-12-6-13-14-10)21(19,20)7-2-3-9(16)8(4-7)11(17)18/h2-4,6,16H,5H2,1H3,(H,17,18)(H,12,13,14). The summed E-state index contributed by atoms with van der Waals surface area (Å²) in [6.07, 6.45) is 1.25. The summed E-state index contributed by atoms with van der Waals surface area (Å²) in [7, 11) is -2.59. The number of rotatable bonds is 5. The van der Waals surface area contributed by atoms with E-state index in [1.807, 2.05) is 0 Å². The highest BCUT2D eigenvalue weighted by Crippen LogP contribution is 2.23. The average Bonchev–Trinajstić information content (AvgIpc) is 2.91. The molecule has 0 aliphatic heterocycles. The molecule has 0 saturated carbocycles. The van der Waals surface area contributed by atoms with Crippen molar-refractivity contribution in [2.24, 2.45) is 0 Å². The molecule has 0 spiro atoms. The van der Waals surface area contributed by atoms with Gasteiger partial charge in [0.1, 0.15) is 23.5 Å². The number of benzene rings is 1. The molecule has 0 amide bonds. The van der Waals surface area contributed by atoms with Gasteiger partial charge in [-0.3, -0.25) is 5.10 Å². The molecule has 0 unspecified atom stereocenters. The number of carboxylic acids is 1. The second-order valence-corrected chi connectivity index (χ2v) is 6.22. The van der Waals surface area contributed by atoms with Crippen LogP contribution in [0.2, 0.25) is 0 Å². The van der Waals surface area contributed by atoms with Gasteiger partial charge < -0.3 is 10.2 Å². The summed E-state index contributed by atoms with van der Waals surface area (Å²) in [5.74, 6) is -1.57. The molecule has 0 bridgehead atoms. The van der Waals surface area contributed by atoms with Crippen molar-refractivity contribution in [2.75, 3.05) is 7.05 Å². The van der Waals surface area contributed by atoms with Crippen LogP contribution < -0.4 is 0 Å². The molecular formula is C11H12N4O5S. The van der Waals surface area contributed by atoms with Gasteiger partial charge in [0.25, 0.3) is 0 Å². The van der Waals surface area contributed by atoms with Crippen LogP contribution in [-0.2, 0) is 16.6 Å². The number of nitrogens with one attached hydrogen (secondary N) is 1. The highest BCUT2D eigenvalue weighted by atomic mass is 32.2. The Hall–Kier alpha value is -2.46. The van der Waals surface area contributed by atoms with Crippen LogP contribution in [0.1, 0.15) is 16.2 Å². The van der Waals surface area contributed by atoms with E-state index in [9.17, 15) is 18.3 Å². The van der Waals surface area contributed by atoms with Gasteiger partial charge in [0.05, 0.1) is 11.4 Å². The van der Waals surface area contributed by atoms with Crippen LogP contribution in [-0.4, -0.2) is 51.1 Å². The first-order valence-electron chi connectivity index (χ1n) is 5.69. The molecule has 0 aliphatic rings. The van der Waals surface area contributed by atoms with E-state index in [4.69, 9.17) is 5.11 Å². The van der Waals surface area contributed by atoms with Crippen molar-refractivity contribution in [3.8, 4) is 5.75 Å². The Labute approximate surface area is 119 Å². The normalized spacial score (nSPS) is 11.7. The summed E-state index contributed by atoms with van der Waals surface area (Å²) >= 11 is 0. The van der Waals surface area contributed by atoms with Gasteiger partial charge in [-0.25, -0.2) is 18.2 Å². The minimum absolute atomic E-state index is 0.0500. The van der Waals surface area contributed by atoms with Crippen LogP contribution in [0.4, 0.5) is 0 Å². The Kier molecular flexibility index (Phi) is 3.91. The molecular weight excluding hydrogens is 300 g/mol. The third kappa shape index (κ3) is 3.01. The molecule has 112 valence electrons. The lowest BCUT2D eigenvalue weighted by Gasteiger charge is -2.16. The van der Waals surface area contributed by atoms with Gasteiger partial charge in [0.2, 0.25) is 10.0 Å². The maximum absolute atomic E-state index is 12.3. The largest absolute Gasteiger partial charge is 0.507 e. The number of aromatic carboxylic acids is 1. The van der Waals surface area contributed by atoms with Gasteiger partial charge in [-0.15, -0.1) is 0 Å². The Morgan fingerprint density at radius 2 is 2.14 bits per heavy atom. The first-order valence-corrected chi connectivity index (χ1v) is 7.13. The van der Waals surface area contributed by atoms with Crippen molar-refractivity contribution in [1.82, 2.24) is 19.5 Å². The zero-order valence-corrected chi connectivity index (χ0v) is 11.7. The zero-order valence-electron chi connectivity index (χ0n) is 10.9. The minimum Gasteiger partial charge on any atom is -0.507 e. The van der Waals surface area contributed by atoms with Crippen LogP contribution in [0, 0.1) is 0 Å². The number of aromatic hydroxyl groups is 1. The molecule has 0 saturated heterocycles. The number of sulfonamides is 1. The number of nitrogens with zero attached hydrogens (tertiary/aromatic N) is 3. The van der Waals surface area contributed by atoms with Crippen molar-refractivity contribution in [3.05, 3.63) is 35.9 Å². The van der Waals surface area contributed by atoms with Gasteiger partial charge >= 0.3 is 5.97 Å². The summed E-state index contributed by atoms with van der Waals surface area (Å²) in [4.78, 5) is 14.5. The quantitative estimate of drug-likeness (QED) is 0.708. The van der Waals surface area contributed by atoms with Crippen molar-refractivity contribution >= 4 is 16.0 Å². The second kappa shape index (κ2) is 5.50. The lowest BCUT2D eigenvalue weighted by Crippen LogP contribution is -2.27.